The number of amides is 1. The summed E-state index contributed by atoms with van der Waals surface area (Å²) in [7, 11) is 0. The Morgan fingerprint density at radius 3 is 3.21 bits per heavy atom. The van der Waals surface area contributed by atoms with E-state index in [2.05, 4.69) is 11.9 Å². The molecule has 2 aliphatic rings. The van der Waals surface area contributed by atoms with Crippen LogP contribution in [0.2, 0.25) is 0 Å². The van der Waals surface area contributed by atoms with Crippen molar-refractivity contribution in [2.24, 2.45) is 0 Å². The quantitative estimate of drug-likeness (QED) is 0.647. The van der Waals surface area contributed by atoms with Crippen LogP contribution in [0, 0.1) is 0 Å². The van der Waals surface area contributed by atoms with Gasteiger partial charge in [-0.3, -0.25) is 4.79 Å². The summed E-state index contributed by atoms with van der Waals surface area (Å²) in [6, 6.07) is 0.356. The molecule has 2 rings (SSSR count). The first kappa shape index (κ1) is 9.52. The molecule has 0 saturated carbocycles. The topological polar surface area (TPSA) is 41.6 Å². The Hall–Kier alpha value is -1.03. The van der Waals surface area contributed by atoms with Gasteiger partial charge in [0.25, 0.3) is 0 Å². The molecule has 0 spiro atoms. The second kappa shape index (κ2) is 3.61. The molecule has 3 atom stereocenters. The van der Waals surface area contributed by atoms with E-state index < -0.39 is 0 Å². The highest BCUT2D eigenvalue weighted by atomic mass is 16.5. The smallest absolute Gasteiger partial charge is 0.242 e. The van der Waals surface area contributed by atoms with Gasteiger partial charge >= 0.3 is 0 Å². The minimum atomic E-state index is -0.129. The number of ether oxygens (including phenoxy) is 1. The summed E-state index contributed by atoms with van der Waals surface area (Å²) >= 11 is 0. The molecule has 14 heavy (non-hydrogen) atoms. The lowest BCUT2D eigenvalue weighted by Gasteiger charge is -2.46. The van der Waals surface area contributed by atoms with Gasteiger partial charge in [-0.2, -0.15) is 0 Å². The summed E-state index contributed by atoms with van der Waals surface area (Å²) in [6.45, 7) is 7.06. The summed E-state index contributed by atoms with van der Waals surface area (Å²) in [5.41, 5.74) is 0. The summed E-state index contributed by atoms with van der Waals surface area (Å²) < 4.78 is 5.41. The number of hydrogen-bond donors (Lipinski definition) is 1. The number of nitrogens with one attached hydrogen (secondary N) is 1. The first-order chi connectivity index (χ1) is 6.74. The summed E-state index contributed by atoms with van der Waals surface area (Å²) in [6.07, 6.45) is 2.64. The standard InChI is InChI=1S/C10H16N2O2/c1-3-12-7(2)10(13)11-8-4-5-14-6-9(8)12/h3,7-9H,1,4-6H2,2H3,(H,11,13). The van der Waals surface area contributed by atoms with Crippen LogP contribution in [0.3, 0.4) is 0 Å². The molecule has 0 aromatic heterocycles. The largest absolute Gasteiger partial charge is 0.379 e. The molecular formula is C10H16N2O2. The van der Waals surface area contributed by atoms with Gasteiger partial charge in [0.15, 0.2) is 0 Å². The molecule has 0 bridgehead atoms. The van der Waals surface area contributed by atoms with Crippen LogP contribution in [0.5, 0.6) is 0 Å². The highest BCUT2D eigenvalue weighted by Crippen LogP contribution is 2.21. The molecule has 0 aliphatic carbocycles. The fourth-order valence-corrected chi connectivity index (χ4v) is 2.20. The number of hydrogen-bond acceptors (Lipinski definition) is 3. The van der Waals surface area contributed by atoms with Gasteiger partial charge in [0.2, 0.25) is 5.91 Å². The van der Waals surface area contributed by atoms with Gasteiger partial charge in [-0.15, -0.1) is 0 Å². The van der Waals surface area contributed by atoms with Crippen molar-refractivity contribution in [1.82, 2.24) is 10.2 Å². The zero-order chi connectivity index (χ0) is 10.1. The molecule has 0 aromatic carbocycles. The van der Waals surface area contributed by atoms with Crippen molar-refractivity contribution < 1.29 is 9.53 Å². The van der Waals surface area contributed by atoms with Crippen LogP contribution in [0.15, 0.2) is 12.8 Å². The van der Waals surface area contributed by atoms with Crippen LogP contribution in [-0.2, 0) is 9.53 Å². The van der Waals surface area contributed by atoms with Crippen LogP contribution in [0.25, 0.3) is 0 Å². The van der Waals surface area contributed by atoms with Gasteiger partial charge in [0, 0.05) is 6.61 Å². The second-order valence-corrected chi connectivity index (χ2v) is 3.85. The van der Waals surface area contributed by atoms with Gasteiger partial charge in [0.05, 0.1) is 18.7 Å². The number of rotatable bonds is 1. The van der Waals surface area contributed by atoms with Crippen LogP contribution in [0.1, 0.15) is 13.3 Å². The fraction of sp³-hybridized carbons (Fsp3) is 0.700. The molecule has 0 aromatic rings. The Bertz CT molecular complexity index is 255. The number of carbonyl (C=O) groups excluding carboxylic acids is 1. The van der Waals surface area contributed by atoms with Gasteiger partial charge in [-0.05, 0) is 19.5 Å². The molecule has 2 heterocycles. The fourth-order valence-electron chi connectivity index (χ4n) is 2.20. The highest BCUT2D eigenvalue weighted by Gasteiger charge is 2.39. The second-order valence-electron chi connectivity index (χ2n) is 3.85. The van der Waals surface area contributed by atoms with E-state index in [0.717, 1.165) is 13.0 Å². The molecule has 2 aliphatic heterocycles. The lowest BCUT2D eigenvalue weighted by molar-refractivity contribution is -0.134. The minimum Gasteiger partial charge on any atom is -0.379 e. The normalized spacial score (nSPS) is 37.4. The molecule has 78 valence electrons. The van der Waals surface area contributed by atoms with Gasteiger partial charge in [-0.1, -0.05) is 6.58 Å². The molecule has 0 radical (unpaired) electrons. The van der Waals surface area contributed by atoms with Crippen LogP contribution in [0.4, 0.5) is 0 Å². The van der Waals surface area contributed by atoms with Crippen LogP contribution < -0.4 is 5.32 Å². The van der Waals surface area contributed by atoms with Crippen molar-refractivity contribution in [3.63, 3.8) is 0 Å². The molecular weight excluding hydrogens is 180 g/mol. The van der Waals surface area contributed by atoms with E-state index in [1.165, 1.54) is 0 Å². The predicted octanol–water partition coefficient (Wildman–Crippen LogP) is 0.108. The summed E-state index contributed by atoms with van der Waals surface area (Å²) in [4.78, 5) is 13.6. The molecule has 1 N–H and O–H groups in total. The Kier molecular flexibility index (Phi) is 2.46. The molecule has 2 fully saturated rings. The first-order valence-corrected chi connectivity index (χ1v) is 5.02. The van der Waals surface area contributed by atoms with E-state index in [0.29, 0.717) is 6.61 Å². The monoisotopic (exact) mass is 196 g/mol. The maximum Gasteiger partial charge on any atom is 0.242 e. The van der Waals surface area contributed by atoms with E-state index in [4.69, 9.17) is 4.74 Å². The zero-order valence-electron chi connectivity index (χ0n) is 8.40. The SMILES string of the molecule is C=CN1C(C)C(=O)NC2CCOCC21. The van der Waals surface area contributed by atoms with Crippen molar-refractivity contribution in [2.45, 2.75) is 31.5 Å². The Morgan fingerprint density at radius 1 is 1.71 bits per heavy atom. The lowest BCUT2D eigenvalue weighted by atomic mass is 9.96. The van der Waals surface area contributed by atoms with E-state index in [9.17, 15) is 4.79 Å². The third-order valence-corrected chi connectivity index (χ3v) is 3.07. The van der Waals surface area contributed by atoms with E-state index >= 15 is 0 Å². The van der Waals surface area contributed by atoms with Crippen LogP contribution in [-0.4, -0.2) is 42.1 Å². The minimum absolute atomic E-state index is 0.0908. The van der Waals surface area contributed by atoms with Crippen molar-refractivity contribution in [3.8, 4) is 0 Å². The molecule has 4 heteroatoms. The van der Waals surface area contributed by atoms with E-state index in [-0.39, 0.29) is 24.0 Å². The van der Waals surface area contributed by atoms with E-state index in [1.807, 2.05) is 11.8 Å². The van der Waals surface area contributed by atoms with Crippen LogP contribution >= 0.6 is 0 Å². The van der Waals surface area contributed by atoms with E-state index in [1.54, 1.807) is 6.20 Å². The zero-order valence-corrected chi connectivity index (χ0v) is 8.40. The number of nitrogens with zero attached hydrogens (tertiary/aromatic N) is 1. The molecule has 4 nitrogen and oxygen atoms in total. The van der Waals surface area contributed by atoms with Gasteiger partial charge in [0.1, 0.15) is 6.04 Å². The highest BCUT2D eigenvalue weighted by molar-refractivity contribution is 5.82. The van der Waals surface area contributed by atoms with Crippen molar-refractivity contribution in [3.05, 3.63) is 12.8 Å². The Balaban J connectivity index is 2.18. The predicted molar refractivity (Wildman–Crippen MR) is 52.7 cm³/mol. The average Bonchev–Trinajstić information content (AvgIpc) is 2.20. The number of fused-ring (bicyclic) bond motifs is 1. The summed E-state index contributed by atoms with van der Waals surface area (Å²) in [5, 5.41) is 3.02. The number of piperazine rings is 1. The van der Waals surface area contributed by atoms with Crippen molar-refractivity contribution in [1.29, 1.82) is 0 Å². The van der Waals surface area contributed by atoms with Gasteiger partial charge in [-0.25, -0.2) is 0 Å². The first-order valence-electron chi connectivity index (χ1n) is 5.02. The van der Waals surface area contributed by atoms with Crippen molar-refractivity contribution in [2.75, 3.05) is 13.2 Å². The molecule has 2 saturated heterocycles. The van der Waals surface area contributed by atoms with Gasteiger partial charge < -0.3 is 15.0 Å². The summed E-state index contributed by atoms with van der Waals surface area (Å²) in [5.74, 6) is 0.0908. The third kappa shape index (κ3) is 1.39. The molecule has 1 amide bonds. The number of carbonyl (C=O) groups is 1. The average molecular weight is 196 g/mol. The van der Waals surface area contributed by atoms with Crippen molar-refractivity contribution >= 4 is 5.91 Å². The maximum absolute atomic E-state index is 11.6. The maximum atomic E-state index is 11.6. The molecule has 3 unspecified atom stereocenters. The Labute approximate surface area is 83.9 Å². The third-order valence-electron chi connectivity index (χ3n) is 3.07. The lowest BCUT2D eigenvalue weighted by Crippen LogP contribution is -2.65. The Morgan fingerprint density at radius 2 is 2.50 bits per heavy atom.